The number of phenols is 2. The molecule has 0 atom stereocenters. The Hall–Kier alpha value is -1.96. The van der Waals surface area contributed by atoms with Gasteiger partial charge in [0.2, 0.25) is 0 Å². The van der Waals surface area contributed by atoms with Gasteiger partial charge < -0.3 is 10.2 Å². The molecule has 0 amide bonds. The van der Waals surface area contributed by atoms with Gasteiger partial charge in [-0.05, 0) is 24.3 Å². The van der Waals surface area contributed by atoms with Gasteiger partial charge in [-0.2, -0.15) is 0 Å². The van der Waals surface area contributed by atoms with Gasteiger partial charge in [-0.25, -0.2) is 0 Å². The first-order chi connectivity index (χ1) is 8.69. The van der Waals surface area contributed by atoms with Crippen LogP contribution in [0.4, 0.5) is 0 Å². The van der Waals surface area contributed by atoms with Crippen LogP contribution in [0.1, 0.15) is 20.7 Å². The summed E-state index contributed by atoms with van der Waals surface area (Å²) in [4.78, 5) is 20.1. The molecule has 0 aliphatic heterocycles. The molecule has 2 aromatic rings. The van der Waals surface area contributed by atoms with Crippen molar-refractivity contribution in [3.8, 4) is 11.5 Å². The molecule has 0 aliphatic carbocycles. The Labute approximate surface area is 124 Å². The Bertz CT molecular complexity index is 491. The maximum Gasteiger partial charge on any atom is 0.153 e. The number of benzene rings is 2. The molecule has 4 nitrogen and oxygen atoms in total. The summed E-state index contributed by atoms with van der Waals surface area (Å²) in [5, 5.41) is 17.8. The van der Waals surface area contributed by atoms with Gasteiger partial charge in [-0.3, -0.25) is 9.59 Å². The number of para-hydroxylation sites is 2. The summed E-state index contributed by atoms with van der Waals surface area (Å²) in [6.45, 7) is 0. The van der Waals surface area contributed by atoms with E-state index in [1.165, 1.54) is 12.1 Å². The number of hydrogen-bond acceptors (Lipinski definition) is 4. The van der Waals surface area contributed by atoms with Crippen molar-refractivity contribution in [3.63, 3.8) is 0 Å². The quantitative estimate of drug-likeness (QED) is 0.644. The first-order valence-electron chi connectivity index (χ1n) is 5.15. The van der Waals surface area contributed by atoms with E-state index in [1.807, 2.05) is 0 Å². The molecule has 0 heterocycles. The maximum atomic E-state index is 10.1. The van der Waals surface area contributed by atoms with E-state index in [9.17, 15) is 9.59 Å². The number of carbonyl (C=O) groups is 2. The molecule has 0 saturated carbocycles. The third-order valence-electron chi connectivity index (χ3n) is 2.13. The van der Waals surface area contributed by atoms with Crippen LogP contribution < -0.4 is 0 Å². The monoisotopic (exact) mass is 350 g/mol. The minimum Gasteiger partial charge on any atom is -0.507 e. The van der Waals surface area contributed by atoms with Crippen molar-refractivity contribution in [1.82, 2.24) is 0 Å². The first-order valence-corrected chi connectivity index (χ1v) is 5.15. The van der Waals surface area contributed by atoms with Gasteiger partial charge in [-0.1, -0.05) is 24.3 Å². The van der Waals surface area contributed by atoms with E-state index in [4.69, 9.17) is 10.2 Å². The second-order valence-corrected chi connectivity index (χ2v) is 3.35. The molecule has 102 valence electrons. The van der Waals surface area contributed by atoms with Crippen molar-refractivity contribution in [1.29, 1.82) is 0 Å². The summed E-state index contributed by atoms with van der Waals surface area (Å²) in [7, 11) is 0. The van der Waals surface area contributed by atoms with E-state index >= 15 is 0 Å². The van der Waals surface area contributed by atoms with Crippen molar-refractivity contribution >= 4 is 12.6 Å². The predicted octanol–water partition coefficient (Wildman–Crippen LogP) is 2.41. The van der Waals surface area contributed by atoms with Gasteiger partial charge in [0.15, 0.2) is 12.6 Å². The van der Waals surface area contributed by atoms with Gasteiger partial charge in [-0.15, -0.1) is 0 Å². The number of aromatic hydroxyl groups is 2. The molecule has 2 rings (SSSR count). The van der Waals surface area contributed by atoms with Crippen molar-refractivity contribution in [2.75, 3.05) is 0 Å². The number of aldehydes is 2. The molecule has 5 heteroatoms. The molecular formula is C14H12O4Pd. The van der Waals surface area contributed by atoms with Gasteiger partial charge in [0.05, 0.1) is 11.1 Å². The first kappa shape index (κ1) is 17.0. The fourth-order valence-corrected chi connectivity index (χ4v) is 1.17. The summed E-state index contributed by atoms with van der Waals surface area (Å²) < 4.78 is 0. The molecular weight excluding hydrogens is 339 g/mol. The molecule has 0 saturated heterocycles. The molecule has 0 aromatic heterocycles. The van der Waals surface area contributed by atoms with Gasteiger partial charge in [0.25, 0.3) is 0 Å². The smallest absolute Gasteiger partial charge is 0.153 e. The topological polar surface area (TPSA) is 74.6 Å². The van der Waals surface area contributed by atoms with Gasteiger partial charge >= 0.3 is 0 Å². The van der Waals surface area contributed by atoms with E-state index in [0.717, 1.165) is 0 Å². The minimum absolute atomic E-state index is 0. The Morgan fingerprint density at radius 2 is 1.00 bits per heavy atom. The van der Waals surface area contributed by atoms with Gasteiger partial charge in [0.1, 0.15) is 11.5 Å². The van der Waals surface area contributed by atoms with Crippen LogP contribution in [-0.2, 0) is 20.4 Å². The average molecular weight is 351 g/mol. The zero-order valence-electron chi connectivity index (χ0n) is 9.80. The predicted molar refractivity (Wildman–Crippen MR) is 67.0 cm³/mol. The number of hydrogen-bond donors (Lipinski definition) is 2. The molecule has 0 fully saturated rings. The van der Waals surface area contributed by atoms with E-state index in [1.54, 1.807) is 36.4 Å². The maximum absolute atomic E-state index is 10.1. The zero-order chi connectivity index (χ0) is 13.4. The minimum atomic E-state index is 0. The molecule has 2 N–H and O–H groups in total. The standard InChI is InChI=1S/2C7H6O2.Pd/c2*8-5-6-3-1-2-4-7(6)9;/h2*1-5,9H;. The number of rotatable bonds is 2. The molecule has 0 aliphatic rings. The second kappa shape index (κ2) is 9.04. The van der Waals surface area contributed by atoms with E-state index in [0.29, 0.717) is 23.7 Å². The van der Waals surface area contributed by atoms with Crippen LogP contribution >= 0.6 is 0 Å². The normalized spacial score (nSPS) is 8.42. The fraction of sp³-hybridized carbons (Fsp3) is 0. The molecule has 0 unspecified atom stereocenters. The number of carbonyl (C=O) groups excluding carboxylic acids is 2. The van der Waals surface area contributed by atoms with Crippen LogP contribution in [-0.4, -0.2) is 22.8 Å². The van der Waals surface area contributed by atoms with Crippen molar-refractivity contribution in [3.05, 3.63) is 59.7 Å². The van der Waals surface area contributed by atoms with E-state index < -0.39 is 0 Å². The van der Waals surface area contributed by atoms with Crippen LogP contribution in [0.2, 0.25) is 0 Å². The molecule has 2 aromatic carbocycles. The third-order valence-corrected chi connectivity index (χ3v) is 2.13. The molecule has 19 heavy (non-hydrogen) atoms. The van der Waals surface area contributed by atoms with E-state index in [2.05, 4.69) is 0 Å². The second-order valence-electron chi connectivity index (χ2n) is 3.35. The summed E-state index contributed by atoms with van der Waals surface area (Å²) in [5.74, 6) is 0.0694. The molecule has 0 spiro atoms. The van der Waals surface area contributed by atoms with Gasteiger partial charge in [0, 0.05) is 20.4 Å². The Morgan fingerprint density at radius 3 is 1.21 bits per heavy atom. The fourth-order valence-electron chi connectivity index (χ4n) is 1.17. The Kier molecular flexibility index (Phi) is 8.11. The summed E-state index contributed by atoms with van der Waals surface area (Å²) >= 11 is 0. The van der Waals surface area contributed by atoms with Crippen LogP contribution in [0.3, 0.4) is 0 Å². The van der Waals surface area contributed by atoms with Crippen LogP contribution in [0, 0.1) is 0 Å². The SMILES string of the molecule is O=Cc1ccccc1O.O=Cc1ccccc1O.[Pd]. The van der Waals surface area contributed by atoms with Crippen molar-refractivity contribution in [2.45, 2.75) is 0 Å². The summed E-state index contributed by atoms with van der Waals surface area (Å²) in [6.07, 6.45) is 1.24. The third kappa shape index (κ3) is 5.47. The van der Waals surface area contributed by atoms with E-state index in [-0.39, 0.29) is 31.9 Å². The average Bonchev–Trinajstić information content (AvgIpc) is 2.41. The Balaban J connectivity index is 0.000000324. The van der Waals surface area contributed by atoms with Crippen molar-refractivity contribution in [2.24, 2.45) is 0 Å². The summed E-state index contributed by atoms with van der Waals surface area (Å²) in [6, 6.07) is 12.8. The molecule has 0 radical (unpaired) electrons. The zero-order valence-corrected chi connectivity index (χ0v) is 11.4. The summed E-state index contributed by atoms with van der Waals surface area (Å²) in [5.41, 5.74) is 0.662. The Morgan fingerprint density at radius 1 is 0.684 bits per heavy atom. The van der Waals surface area contributed by atoms with Crippen LogP contribution in [0.15, 0.2) is 48.5 Å². The molecule has 0 bridgehead atoms. The number of phenolic OH excluding ortho intramolecular Hbond substituents is 2. The van der Waals surface area contributed by atoms with Crippen LogP contribution in [0.5, 0.6) is 11.5 Å². The largest absolute Gasteiger partial charge is 0.507 e. The van der Waals surface area contributed by atoms with Crippen LogP contribution in [0.25, 0.3) is 0 Å². The van der Waals surface area contributed by atoms with Crippen molar-refractivity contribution < 1.29 is 40.2 Å².